The molecule has 0 aliphatic heterocycles. The van der Waals surface area contributed by atoms with Gasteiger partial charge < -0.3 is 14.6 Å². The highest BCUT2D eigenvalue weighted by molar-refractivity contribution is 5.66. The number of carbonyl (C=O) groups excluding carboxylic acids is 2. The molecule has 1 aliphatic carbocycles. The van der Waals surface area contributed by atoms with Crippen molar-refractivity contribution in [2.45, 2.75) is 45.6 Å². The van der Waals surface area contributed by atoms with E-state index in [1.165, 1.54) is 13.8 Å². The molecule has 2 atom stereocenters. The third kappa shape index (κ3) is 5.42. The van der Waals surface area contributed by atoms with Crippen LogP contribution in [0.5, 0.6) is 0 Å². The molecule has 108 valence electrons. The quantitative estimate of drug-likeness (QED) is 0.606. The van der Waals surface area contributed by atoms with Crippen molar-refractivity contribution in [1.82, 2.24) is 0 Å². The molecular formula is C14H22O5. The molecule has 1 aliphatic rings. The maximum atomic E-state index is 10.8. The molecule has 0 saturated carbocycles. The zero-order chi connectivity index (χ0) is 14.5. The molecule has 5 heteroatoms. The van der Waals surface area contributed by atoms with Crippen LogP contribution in [0.4, 0.5) is 0 Å². The van der Waals surface area contributed by atoms with Crippen molar-refractivity contribution in [3.8, 4) is 0 Å². The van der Waals surface area contributed by atoms with Crippen LogP contribution in [-0.2, 0) is 19.1 Å². The lowest BCUT2D eigenvalue weighted by Crippen LogP contribution is -2.40. The molecule has 0 spiro atoms. The van der Waals surface area contributed by atoms with Crippen LogP contribution in [0.15, 0.2) is 11.6 Å². The second kappa shape index (κ2) is 6.70. The van der Waals surface area contributed by atoms with Gasteiger partial charge in [-0.15, -0.1) is 0 Å². The minimum absolute atomic E-state index is 0.0140. The molecule has 1 rings (SSSR count). The number of rotatable bonds is 5. The van der Waals surface area contributed by atoms with E-state index in [9.17, 15) is 14.7 Å². The van der Waals surface area contributed by atoms with E-state index in [0.717, 1.165) is 18.4 Å². The molecule has 1 N–H and O–H groups in total. The normalized spacial score (nSPS) is 22.1. The minimum Gasteiger partial charge on any atom is -0.463 e. The first-order valence-corrected chi connectivity index (χ1v) is 6.48. The van der Waals surface area contributed by atoms with Crippen LogP contribution in [0, 0.1) is 5.92 Å². The Bertz CT molecular complexity index is 370. The second-order valence-corrected chi connectivity index (χ2v) is 5.25. The van der Waals surface area contributed by atoms with E-state index < -0.39 is 5.60 Å². The summed E-state index contributed by atoms with van der Waals surface area (Å²) in [4.78, 5) is 21.5. The van der Waals surface area contributed by atoms with Gasteiger partial charge in [-0.2, -0.15) is 0 Å². The van der Waals surface area contributed by atoms with Crippen molar-refractivity contribution in [1.29, 1.82) is 0 Å². The fourth-order valence-electron chi connectivity index (χ4n) is 2.14. The van der Waals surface area contributed by atoms with Gasteiger partial charge >= 0.3 is 11.9 Å². The van der Waals surface area contributed by atoms with Gasteiger partial charge in [-0.25, -0.2) is 0 Å². The number of carbonyl (C=O) groups is 2. The zero-order valence-corrected chi connectivity index (χ0v) is 11.8. The topological polar surface area (TPSA) is 72.8 Å². The first-order valence-electron chi connectivity index (χ1n) is 6.48. The molecule has 0 fully saturated rings. The van der Waals surface area contributed by atoms with Crippen molar-refractivity contribution >= 4 is 11.9 Å². The maximum Gasteiger partial charge on any atom is 0.302 e. The van der Waals surface area contributed by atoms with Gasteiger partial charge in [-0.3, -0.25) is 9.59 Å². The standard InChI is InChI=1S/C14H22O5/c1-10(15)18-8-12-4-6-13(7-5-12)14(3,17)9-19-11(2)16/h4,13,17H,5-9H2,1-3H3. The van der Waals surface area contributed by atoms with Crippen molar-refractivity contribution in [3.63, 3.8) is 0 Å². The molecule has 19 heavy (non-hydrogen) atoms. The van der Waals surface area contributed by atoms with Gasteiger partial charge in [0.25, 0.3) is 0 Å². The smallest absolute Gasteiger partial charge is 0.302 e. The van der Waals surface area contributed by atoms with Gasteiger partial charge in [0, 0.05) is 13.8 Å². The van der Waals surface area contributed by atoms with Crippen LogP contribution in [0.3, 0.4) is 0 Å². The summed E-state index contributed by atoms with van der Waals surface area (Å²) in [6, 6.07) is 0. The van der Waals surface area contributed by atoms with Gasteiger partial charge in [0.1, 0.15) is 13.2 Å². The summed E-state index contributed by atoms with van der Waals surface area (Å²) >= 11 is 0. The summed E-state index contributed by atoms with van der Waals surface area (Å²) < 4.78 is 9.83. The third-order valence-corrected chi connectivity index (χ3v) is 3.41. The Morgan fingerprint density at radius 1 is 1.37 bits per heavy atom. The molecule has 0 bridgehead atoms. The summed E-state index contributed by atoms with van der Waals surface area (Å²) in [6.07, 6.45) is 4.28. The maximum absolute atomic E-state index is 10.8. The Kier molecular flexibility index (Phi) is 5.54. The highest BCUT2D eigenvalue weighted by atomic mass is 16.5. The third-order valence-electron chi connectivity index (χ3n) is 3.41. The van der Waals surface area contributed by atoms with E-state index in [1.54, 1.807) is 6.92 Å². The van der Waals surface area contributed by atoms with Crippen molar-refractivity contribution in [3.05, 3.63) is 11.6 Å². The average molecular weight is 270 g/mol. The lowest BCUT2D eigenvalue weighted by Gasteiger charge is -2.34. The molecule has 0 amide bonds. The Hall–Kier alpha value is -1.36. The van der Waals surface area contributed by atoms with Gasteiger partial charge in [0.15, 0.2) is 0 Å². The van der Waals surface area contributed by atoms with Crippen LogP contribution in [0.25, 0.3) is 0 Å². The molecule has 5 nitrogen and oxygen atoms in total. The molecule has 0 aromatic carbocycles. The predicted octanol–water partition coefficient (Wildman–Crippen LogP) is 1.59. The van der Waals surface area contributed by atoms with Crippen LogP contribution >= 0.6 is 0 Å². The van der Waals surface area contributed by atoms with Gasteiger partial charge in [0.05, 0.1) is 5.60 Å². The number of allylic oxidation sites excluding steroid dienone is 1. The monoisotopic (exact) mass is 270 g/mol. The molecule has 0 radical (unpaired) electrons. The van der Waals surface area contributed by atoms with Gasteiger partial charge in [0.2, 0.25) is 0 Å². The molecule has 2 unspecified atom stereocenters. The van der Waals surface area contributed by atoms with E-state index in [1.807, 2.05) is 6.08 Å². The summed E-state index contributed by atoms with van der Waals surface area (Å²) in [6.45, 7) is 4.74. The van der Waals surface area contributed by atoms with E-state index in [-0.39, 0.29) is 24.5 Å². The van der Waals surface area contributed by atoms with E-state index in [4.69, 9.17) is 9.47 Å². The number of ether oxygens (including phenoxy) is 2. The zero-order valence-electron chi connectivity index (χ0n) is 11.8. The molecule has 0 saturated heterocycles. The fourth-order valence-corrected chi connectivity index (χ4v) is 2.14. The van der Waals surface area contributed by atoms with Crippen molar-refractivity contribution < 1.29 is 24.2 Å². The van der Waals surface area contributed by atoms with Gasteiger partial charge in [-0.05, 0) is 37.7 Å². The summed E-state index contributed by atoms with van der Waals surface area (Å²) in [7, 11) is 0. The lowest BCUT2D eigenvalue weighted by molar-refractivity contribution is -0.151. The Balaban J connectivity index is 2.46. The van der Waals surface area contributed by atoms with Crippen molar-refractivity contribution in [2.24, 2.45) is 5.92 Å². The molecule has 0 heterocycles. The number of aliphatic hydroxyl groups is 1. The highest BCUT2D eigenvalue weighted by Gasteiger charge is 2.34. The van der Waals surface area contributed by atoms with E-state index in [2.05, 4.69) is 0 Å². The minimum atomic E-state index is -1.02. The molecule has 0 aromatic heterocycles. The summed E-state index contributed by atoms with van der Waals surface area (Å²) in [5.74, 6) is -0.625. The first-order chi connectivity index (χ1) is 8.81. The van der Waals surface area contributed by atoms with E-state index >= 15 is 0 Å². The van der Waals surface area contributed by atoms with Crippen LogP contribution in [0.1, 0.15) is 40.0 Å². The summed E-state index contributed by atoms with van der Waals surface area (Å²) in [5.41, 5.74) is 0.0597. The van der Waals surface area contributed by atoms with Crippen LogP contribution in [0.2, 0.25) is 0 Å². The fraction of sp³-hybridized carbons (Fsp3) is 0.714. The Morgan fingerprint density at radius 3 is 2.47 bits per heavy atom. The number of hydrogen-bond donors (Lipinski definition) is 1. The molecule has 0 aromatic rings. The second-order valence-electron chi connectivity index (χ2n) is 5.25. The summed E-state index contributed by atoms with van der Waals surface area (Å²) in [5, 5.41) is 10.3. The van der Waals surface area contributed by atoms with Crippen LogP contribution in [-0.4, -0.2) is 35.9 Å². The van der Waals surface area contributed by atoms with E-state index in [0.29, 0.717) is 13.0 Å². The number of esters is 2. The number of hydrogen-bond acceptors (Lipinski definition) is 5. The van der Waals surface area contributed by atoms with Crippen LogP contribution < -0.4 is 0 Å². The highest BCUT2D eigenvalue weighted by Crippen LogP contribution is 2.32. The lowest BCUT2D eigenvalue weighted by atomic mass is 9.79. The molecular weight excluding hydrogens is 248 g/mol. The SMILES string of the molecule is CC(=O)OCC1=CCC(C(C)(O)COC(C)=O)CC1. The Morgan fingerprint density at radius 2 is 2.00 bits per heavy atom. The average Bonchev–Trinajstić information content (AvgIpc) is 2.34. The first kappa shape index (κ1) is 15.7. The van der Waals surface area contributed by atoms with Crippen molar-refractivity contribution in [2.75, 3.05) is 13.2 Å². The van der Waals surface area contributed by atoms with Gasteiger partial charge in [-0.1, -0.05) is 6.08 Å². The predicted molar refractivity (Wildman–Crippen MR) is 69.3 cm³/mol. The largest absolute Gasteiger partial charge is 0.463 e. The Labute approximate surface area is 113 Å².